The van der Waals surface area contributed by atoms with Crippen LogP contribution in [0.4, 0.5) is 0 Å². The Morgan fingerprint density at radius 3 is 2.62 bits per heavy atom. The highest BCUT2D eigenvalue weighted by Gasteiger charge is 2.16. The normalized spacial score (nSPS) is 11.4. The molecular weight excluding hydrogens is 362 g/mol. The van der Waals surface area contributed by atoms with Crippen LogP contribution >= 0.6 is 0 Å². The summed E-state index contributed by atoms with van der Waals surface area (Å²) in [5.74, 6) is 1.06. The maximum absolute atomic E-state index is 13.1. The van der Waals surface area contributed by atoms with Crippen LogP contribution in [0.1, 0.15) is 17.0 Å². The molecule has 5 heteroatoms. The maximum Gasteiger partial charge on any atom is 0.255 e. The highest BCUT2D eigenvalue weighted by Crippen LogP contribution is 2.22. The molecule has 0 saturated heterocycles. The number of rotatable bonds is 6. The van der Waals surface area contributed by atoms with Crippen molar-refractivity contribution < 1.29 is 9.53 Å². The molecule has 1 amide bonds. The van der Waals surface area contributed by atoms with Gasteiger partial charge >= 0.3 is 0 Å². The predicted octanol–water partition coefficient (Wildman–Crippen LogP) is 4.43. The summed E-state index contributed by atoms with van der Waals surface area (Å²) in [4.78, 5) is 20.9. The largest absolute Gasteiger partial charge is 0.497 e. The molecule has 0 saturated carbocycles. The number of para-hydroxylation sites is 2. The van der Waals surface area contributed by atoms with Crippen LogP contribution in [0.2, 0.25) is 0 Å². The van der Waals surface area contributed by atoms with Crippen LogP contribution in [-0.4, -0.2) is 23.0 Å². The van der Waals surface area contributed by atoms with Crippen molar-refractivity contribution in [2.45, 2.75) is 6.54 Å². The lowest BCUT2D eigenvalue weighted by molar-refractivity contribution is -0.115. The highest BCUT2D eigenvalue weighted by molar-refractivity contribution is 6.23. The minimum absolute atomic E-state index is 0.198. The van der Waals surface area contributed by atoms with E-state index in [4.69, 9.17) is 4.74 Å². The molecule has 144 valence electrons. The standard InChI is InChI=1S/C24H21N3O2/c1-29-19-11-7-10-18(14-19)15-20(23-26-21-12-5-6-13-22(21)27-23)24(28)25-16-17-8-3-2-4-9-17/h2-15H,16H2,1H3,(H,25,28)(H,26,27)/b20-15+. The second-order valence-electron chi connectivity index (χ2n) is 6.61. The number of aromatic nitrogens is 2. The summed E-state index contributed by atoms with van der Waals surface area (Å²) < 4.78 is 5.30. The number of aromatic amines is 1. The third-order valence-electron chi connectivity index (χ3n) is 4.59. The molecule has 0 aliphatic heterocycles. The van der Waals surface area contributed by atoms with Gasteiger partial charge in [-0.2, -0.15) is 0 Å². The van der Waals surface area contributed by atoms with Gasteiger partial charge in [0.25, 0.3) is 5.91 Å². The first kappa shape index (κ1) is 18.5. The molecule has 0 unspecified atom stereocenters. The van der Waals surface area contributed by atoms with E-state index in [1.807, 2.05) is 84.9 Å². The smallest absolute Gasteiger partial charge is 0.255 e. The Morgan fingerprint density at radius 1 is 1.03 bits per heavy atom. The minimum atomic E-state index is -0.198. The van der Waals surface area contributed by atoms with Gasteiger partial charge < -0.3 is 15.0 Å². The van der Waals surface area contributed by atoms with Crippen LogP contribution in [0.15, 0.2) is 78.9 Å². The van der Waals surface area contributed by atoms with Crippen molar-refractivity contribution in [3.8, 4) is 5.75 Å². The van der Waals surface area contributed by atoms with Gasteiger partial charge in [0.15, 0.2) is 0 Å². The van der Waals surface area contributed by atoms with Gasteiger partial charge in [-0.15, -0.1) is 0 Å². The van der Waals surface area contributed by atoms with E-state index in [0.29, 0.717) is 17.9 Å². The van der Waals surface area contributed by atoms with Crippen molar-refractivity contribution in [2.75, 3.05) is 7.11 Å². The highest BCUT2D eigenvalue weighted by atomic mass is 16.5. The van der Waals surface area contributed by atoms with E-state index in [0.717, 1.165) is 27.9 Å². The maximum atomic E-state index is 13.1. The van der Waals surface area contributed by atoms with Gasteiger partial charge in [0.05, 0.1) is 23.7 Å². The molecule has 0 radical (unpaired) electrons. The summed E-state index contributed by atoms with van der Waals surface area (Å²) in [7, 11) is 1.62. The molecule has 3 aromatic carbocycles. The summed E-state index contributed by atoms with van der Waals surface area (Å²) in [6, 6.07) is 25.1. The Kier molecular flexibility index (Phi) is 5.38. The van der Waals surface area contributed by atoms with E-state index in [2.05, 4.69) is 15.3 Å². The first-order chi connectivity index (χ1) is 14.2. The zero-order chi connectivity index (χ0) is 20.1. The molecule has 2 N–H and O–H groups in total. The summed E-state index contributed by atoms with van der Waals surface area (Å²) in [5, 5.41) is 2.99. The number of benzene rings is 3. The Labute approximate surface area is 169 Å². The average molecular weight is 383 g/mol. The number of carbonyl (C=O) groups excluding carboxylic acids is 1. The van der Waals surface area contributed by atoms with Gasteiger partial charge in [0.1, 0.15) is 11.6 Å². The Balaban J connectivity index is 1.69. The van der Waals surface area contributed by atoms with Gasteiger partial charge in [-0.3, -0.25) is 4.79 Å². The van der Waals surface area contributed by atoms with E-state index >= 15 is 0 Å². The number of hydrogen-bond acceptors (Lipinski definition) is 3. The second-order valence-corrected chi connectivity index (χ2v) is 6.61. The number of ether oxygens (including phenoxy) is 1. The molecule has 1 heterocycles. The zero-order valence-electron chi connectivity index (χ0n) is 16.1. The van der Waals surface area contributed by atoms with Gasteiger partial charge in [0.2, 0.25) is 0 Å². The lowest BCUT2D eigenvalue weighted by atomic mass is 10.1. The van der Waals surface area contributed by atoms with Crippen LogP contribution < -0.4 is 10.1 Å². The molecule has 5 nitrogen and oxygen atoms in total. The number of H-pyrrole nitrogens is 1. The number of fused-ring (bicyclic) bond motifs is 1. The summed E-state index contributed by atoms with van der Waals surface area (Å²) in [6.45, 7) is 0.440. The number of nitrogens with one attached hydrogen (secondary N) is 2. The fraction of sp³-hybridized carbons (Fsp3) is 0.0833. The Bertz CT molecular complexity index is 1130. The molecule has 0 atom stereocenters. The van der Waals surface area contributed by atoms with E-state index in [1.165, 1.54) is 0 Å². The average Bonchev–Trinajstić information content (AvgIpc) is 3.20. The molecule has 0 aliphatic carbocycles. The minimum Gasteiger partial charge on any atom is -0.497 e. The topological polar surface area (TPSA) is 67.0 Å². The third-order valence-corrected chi connectivity index (χ3v) is 4.59. The van der Waals surface area contributed by atoms with Crippen molar-refractivity contribution >= 4 is 28.6 Å². The fourth-order valence-electron chi connectivity index (χ4n) is 3.09. The van der Waals surface area contributed by atoms with Crippen LogP contribution in [-0.2, 0) is 11.3 Å². The van der Waals surface area contributed by atoms with Gasteiger partial charge in [-0.05, 0) is 41.5 Å². The number of imidazole rings is 1. The van der Waals surface area contributed by atoms with Crippen LogP contribution in [0.3, 0.4) is 0 Å². The Hall–Kier alpha value is -3.86. The number of carbonyl (C=O) groups is 1. The van der Waals surface area contributed by atoms with Crippen LogP contribution in [0, 0.1) is 0 Å². The first-order valence-electron chi connectivity index (χ1n) is 9.36. The van der Waals surface area contributed by atoms with Crippen LogP contribution in [0.25, 0.3) is 22.7 Å². The van der Waals surface area contributed by atoms with Crippen molar-refractivity contribution in [1.82, 2.24) is 15.3 Å². The van der Waals surface area contributed by atoms with Gasteiger partial charge in [-0.1, -0.05) is 54.6 Å². The second kappa shape index (κ2) is 8.44. The van der Waals surface area contributed by atoms with Crippen molar-refractivity contribution in [2.24, 2.45) is 0 Å². The number of hydrogen-bond donors (Lipinski definition) is 2. The molecule has 1 aromatic heterocycles. The summed E-state index contributed by atoms with van der Waals surface area (Å²) in [6.07, 6.45) is 1.82. The number of amides is 1. The van der Waals surface area contributed by atoms with E-state index in [1.54, 1.807) is 7.11 Å². The van der Waals surface area contributed by atoms with E-state index < -0.39 is 0 Å². The van der Waals surface area contributed by atoms with Gasteiger partial charge in [0, 0.05) is 6.54 Å². The SMILES string of the molecule is COc1cccc(/C=C(/C(=O)NCc2ccccc2)c2nc3ccccc3[nH]2)c1. The van der Waals surface area contributed by atoms with Crippen LogP contribution in [0.5, 0.6) is 5.75 Å². The van der Waals surface area contributed by atoms with Crippen molar-refractivity contribution in [1.29, 1.82) is 0 Å². The molecule has 4 aromatic rings. The number of nitrogens with zero attached hydrogens (tertiary/aromatic N) is 1. The number of methoxy groups -OCH3 is 1. The summed E-state index contributed by atoms with van der Waals surface area (Å²) in [5.41, 5.74) is 4.05. The van der Waals surface area contributed by atoms with Crippen molar-refractivity contribution in [3.63, 3.8) is 0 Å². The van der Waals surface area contributed by atoms with E-state index in [-0.39, 0.29) is 5.91 Å². The monoisotopic (exact) mass is 383 g/mol. The summed E-state index contributed by atoms with van der Waals surface area (Å²) >= 11 is 0. The van der Waals surface area contributed by atoms with E-state index in [9.17, 15) is 4.79 Å². The third kappa shape index (κ3) is 4.35. The first-order valence-corrected chi connectivity index (χ1v) is 9.36. The fourth-order valence-corrected chi connectivity index (χ4v) is 3.09. The predicted molar refractivity (Wildman–Crippen MR) is 115 cm³/mol. The lowest BCUT2D eigenvalue weighted by Gasteiger charge is -2.08. The molecule has 0 fully saturated rings. The molecule has 0 spiro atoms. The molecular formula is C24H21N3O2. The zero-order valence-corrected chi connectivity index (χ0v) is 16.1. The lowest BCUT2D eigenvalue weighted by Crippen LogP contribution is -2.24. The van der Waals surface area contributed by atoms with Crippen molar-refractivity contribution in [3.05, 3.63) is 95.8 Å². The van der Waals surface area contributed by atoms with Gasteiger partial charge in [-0.25, -0.2) is 4.98 Å². The Morgan fingerprint density at radius 2 is 1.83 bits per heavy atom. The molecule has 0 aliphatic rings. The quantitative estimate of drug-likeness (QED) is 0.484. The molecule has 4 rings (SSSR count). The molecule has 29 heavy (non-hydrogen) atoms. The molecule has 0 bridgehead atoms.